The highest BCUT2D eigenvalue weighted by Crippen LogP contribution is 2.28. The number of carbonyl (C=O) groups excluding carboxylic acids is 2. The van der Waals surface area contributed by atoms with Crippen molar-refractivity contribution in [2.45, 2.75) is 55.5 Å². The van der Waals surface area contributed by atoms with Crippen LogP contribution in [0.4, 0.5) is 5.69 Å². The maximum absolute atomic E-state index is 14.6. The van der Waals surface area contributed by atoms with Crippen molar-refractivity contribution in [3.8, 4) is 5.75 Å². The van der Waals surface area contributed by atoms with Crippen LogP contribution in [0.1, 0.15) is 37.8 Å². The second kappa shape index (κ2) is 18.0. The molecule has 0 radical (unpaired) electrons. The molecule has 0 bridgehead atoms. The number of anilines is 1. The van der Waals surface area contributed by atoms with Crippen molar-refractivity contribution < 1.29 is 22.7 Å². The first kappa shape index (κ1) is 36.8. The predicted molar refractivity (Wildman–Crippen MR) is 194 cm³/mol. The summed E-state index contributed by atoms with van der Waals surface area (Å²) in [5.41, 5.74) is 1.86. The fraction of sp³-hybridized carbons (Fsp3) is 0.297. The molecule has 0 fully saturated rings. The van der Waals surface area contributed by atoms with E-state index in [9.17, 15) is 18.0 Å². The minimum atomic E-state index is -4.22. The molecule has 48 heavy (non-hydrogen) atoms. The zero-order valence-electron chi connectivity index (χ0n) is 27.5. The molecule has 0 saturated heterocycles. The number of unbranched alkanes of at least 4 members (excludes halogenated alkanes) is 1. The fourth-order valence-corrected chi connectivity index (χ4v) is 7.21. The maximum atomic E-state index is 14.6. The zero-order chi connectivity index (χ0) is 34.5. The third-order valence-corrected chi connectivity index (χ3v) is 10.5. The minimum absolute atomic E-state index is 0.0394. The lowest BCUT2D eigenvalue weighted by molar-refractivity contribution is -0.140. The van der Waals surface area contributed by atoms with E-state index >= 15 is 0 Å². The monoisotopic (exact) mass is 707 g/mol. The largest absolute Gasteiger partial charge is 0.494 e. The number of nitrogens with one attached hydrogen (secondary N) is 1. The molecular formula is C37H42ClN3O5S2. The molecule has 0 aliphatic carbocycles. The average molecular weight is 708 g/mol. The highest BCUT2D eigenvalue weighted by atomic mass is 35.5. The number of ether oxygens (including phenoxy) is 1. The number of nitrogens with zero attached hydrogens (tertiary/aromatic N) is 2. The summed E-state index contributed by atoms with van der Waals surface area (Å²) in [5.74, 6) is -0.283. The quantitative estimate of drug-likeness (QED) is 0.0921. The molecule has 0 saturated carbocycles. The lowest BCUT2D eigenvalue weighted by Gasteiger charge is -2.34. The van der Waals surface area contributed by atoms with E-state index in [1.165, 1.54) is 28.8 Å². The van der Waals surface area contributed by atoms with Gasteiger partial charge in [0.1, 0.15) is 18.3 Å². The molecule has 4 aromatic carbocycles. The molecule has 0 spiro atoms. The summed E-state index contributed by atoms with van der Waals surface area (Å²) < 4.78 is 35.3. The molecule has 254 valence electrons. The molecule has 1 atom stereocenters. The van der Waals surface area contributed by atoms with Gasteiger partial charge in [-0.2, -0.15) is 0 Å². The molecule has 4 rings (SSSR count). The fourth-order valence-electron chi connectivity index (χ4n) is 5.17. The van der Waals surface area contributed by atoms with Gasteiger partial charge in [-0.05, 0) is 91.4 Å². The number of amides is 2. The second-order valence-corrected chi connectivity index (χ2v) is 14.3. The molecule has 0 aromatic heterocycles. The first-order chi connectivity index (χ1) is 23.2. The molecule has 0 aliphatic heterocycles. The third kappa shape index (κ3) is 10.0. The number of carbonyl (C=O) groups is 2. The summed E-state index contributed by atoms with van der Waals surface area (Å²) in [7, 11) is -4.22. The maximum Gasteiger partial charge on any atom is 0.264 e. The molecule has 0 heterocycles. The molecular weight excluding hydrogens is 666 g/mol. The van der Waals surface area contributed by atoms with Crippen LogP contribution >= 0.6 is 23.4 Å². The lowest BCUT2D eigenvalue weighted by atomic mass is 10.0. The Hall–Kier alpha value is -3.99. The Morgan fingerprint density at radius 1 is 0.896 bits per heavy atom. The van der Waals surface area contributed by atoms with Crippen LogP contribution in [0.5, 0.6) is 5.75 Å². The van der Waals surface area contributed by atoms with Crippen LogP contribution in [0.15, 0.2) is 113 Å². The third-order valence-electron chi connectivity index (χ3n) is 7.70. The Morgan fingerprint density at radius 3 is 2.21 bits per heavy atom. The van der Waals surface area contributed by atoms with Crippen molar-refractivity contribution in [3.63, 3.8) is 0 Å². The van der Waals surface area contributed by atoms with Gasteiger partial charge >= 0.3 is 0 Å². The molecule has 8 nitrogen and oxygen atoms in total. The standard InChI is InChI=1S/C37H42ClN3O5S2/c1-4-6-23-39-37(43)35(25-28-11-8-7-9-12-28)40(26-29-13-10-14-30(38)24-29)36(42)27-41(31-15-17-32(18-16-31)46-5-2)48(44,45)34-21-19-33(47-3)20-22-34/h7-22,24,35H,4-6,23,25-27H2,1-3H3,(H,39,43)/t35-/m0/s1. The summed E-state index contributed by atoms with van der Waals surface area (Å²) >= 11 is 7.83. The highest BCUT2D eigenvalue weighted by Gasteiger charge is 2.34. The van der Waals surface area contributed by atoms with Crippen LogP contribution in [-0.4, -0.2) is 57.1 Å². The number of benzene rings is 4. The van der Waals surface area contributed by atoms with Gasteiger partial charge in [-0.15, -0.1) is 11.8 Å². The normalized spacial score (nSPS) is 11.8. The van der Waals surface area contributed by atoms with Crippen molar-refractivity contribution >= 4 is 50.9 Å². The highest BCUT2D eigenvalue weighted by molar-refractivity contribution is 7.98. The van der Waals surface area contributed by atoms with Gasteiger partial charge < -0.3 is 15.0 Å². The molecule has 11 heteroatoms. The lowest BCUT2D eigenvalue weighted by Crippen LogP contribution is -2.53. The van der Waals surface area contributed by atoms with Gasteiger partial charge in [-0.3, -0.25) is 13.9 Å². The first-order valence-corrected chi connectivity index (χ1v) is 19.0. The van der Waals surface area contributed by atoms with Crippen molar-refractivity contribution in [1.82, 2.24) is 10.2 Å². The van der Waals surface area contributed by atoms with Crippen LogP contribution in [-0.2, 0) is 32.6 Å². The van der Waals surface area contributed by atoms with Gasteiger partial charge in [0.2, 0.25) is 11.8 Å². The topological polar surface area (TPSA) is 96.0 Å². The van der Waals surface area contributed by atoms with Gasteiger partial charge in [0, 0.05) is 29.4 Å². The molecule has 4 aromatic rings. The van der Waals surface area contributed by atoms with E-state index in [4.69, 9.17) is 16.3 Å². The van der Waals surface area contributed by atoms with Crippen LogP contribution in [0.25, 0.3) is 0 Å². The SMILES string of the molecule is CCCCNC(=O)[C@H](Cc1ccccc1)N(Cc1cccc(Cl)c1)C(=O)CN(c1ccc(OCC)cc1)S(=O)(=O)c1ccc(SC)cc1. The molecule has 1 N–H and O–H groups in total. The number of sulfonamides is 1. The average Bonchev–Trinajstić information content (AvgIpc) is 3.09. The number of rotatable bonds is 17. The predicted octanol–water partition coefficient (Wildman–Crippen LogP) is 7.21. The minimum Gasteiger partial charge on any atom is -0.494 e. The summed E-state index contributed by atoms with van der Waals surface area (Å²) in [6.45, 7) is 4.29. The van der Waals surface area contributed by atoms with Gasteiger partial charge in [-0.1, -0.05) is 67.4 Å². The van der Waals surface area contributed by atoms with Crippen LogP contribution < -0.4 is 14.4 Å². The smallest absolute Gasteiger partial charge is 0.264 e. The number of thioether (sulfide) groups is 1. The zero-order valence-corrected chi connectivity index (χ0v) is 29.9. The molecule has 2 amide bonds. The van der Waals surface area contributed by atoms with Crippen LogP contribution in [0.3, 0.4) is 0 Å². The van der Waals surface area contributed by atoms with Crippen molar-refractivity contribution in [2.75, 3.05) is 30.3 Å². The Morgan fingerprint density at radius 2 is 1.58 bits per heavy atom. The van der Waals surface area contributed by atoms with Crippen molar-refractivity contribution in [3.05, 3.63) is 119 Å². The summed E-state index contributed by atoms with van der Waals surface area (Å²) in [4.78, 5) is 30.9. The molecule has 0 unspecified atom stereocenters. The Balaban J connectivity index is 1.79. The summed E-state index contributed by atoms with van der Waals surface area (Å²) in [5, 5.41) is 3.49. The Labute approximate surface area is 293 Å². The number of hydrogen-bond donors (Lipinski definition) is 1. The van der Waals surface area contributed by atoms with E-state index in [0.717, 1.165) is 27.6 Å². The summed E-state index contributed by atoms with van der Waals surface area (Å²) in [6, 6.07) is 28.7. The van der Waals surface area contributed by atoms with Gasteiger partial charge in [-0.25, -0.2) is 8.42 Å². The van der Waals surface area contributed by atoms with Crippen LogP contribution in [0.2, 0.25) is 5.02 Å². The Kier molecular flexibility index (Phi) is 13.8. The van der Waals surface area contributed by atoms with Gasteiger partial charge in [0.25, 0.3) is 10.0 Å². The van der Waals surface area contributed by atoms with E-state index in [1.807, 2.05) is 56.5 Å². The Bertz CT molecular complexity index is 1740. The number of halogens is 1. The van der Waals surface area contributed by atoms with E-state index in [2.05, 4.69) is 5.32 Å². The van der Waals surface area contributed by atoms with Crippen molar-refractivity contribution in [1.29, 1.82) is 0 Å². The van der Waals surface area contributed by atoms with Crippen molar-refractivity contribution in [2.24, 2.45) is 0 Å². The van der Waals surface area contributed by atoms with E-state index in [0.29, 0.717) is 29.5 Å². The number of hydrogen-bond acceptors (Lipinski definition) is 6. The first-order valence-electron chi connectivity index (χ1n) is 15.9. The van der Waals surface area contributed by atoms with E-state index in [1.54, 1.807) is 54.6 Å². The van der Waals surface area contributed by atoms with E-state index < -0.39 is 28.5 Å². The van der Waals surface area contributed by atoms with Gasteiger partial charge in [0.15, 0.2) is 0 Å². The second-order valence-electron chi connectivity index (χ2n) is 11.1. The summed E-state index contributed by atoms with van der Waals surface area (Å²) in [6.07, 6.45) is 3.82. The molecule has 0 aliphatic rings. The van der Waals surface area contributed by atoms with Crippen LogP contribution in [0, 0.1) is 0 Å². The van der Waals surface area contributed by atoms with Gasteiger partial charge in [0.05, 0.1) is 17.2 Å². The van der Waals surface area contributed by atoms with E-state index in [-0.39, 0.29) is 29.5 Å².